The van der Waals surface area contributed by atoms with Crippen molar-refractivity contribution >= 4 is 0 Å². The third-order valence-corrected chi connectivity index (χ3v) is 3.84. The molecular formula is C16H19N5O2. The zero-order valence-corrected chi connectivity index (χ0v) is 13.1. The molecule has 0 saturated carbocycles. The Labute approximate surface area is 135 Å². The first-order valence-corrected chi connectivity index (χ1v) is 7.57. The van der Waals surface area contributed by atoms with E-state index >= 15 is 0 Å². The summed E-state index contributed by atoms with van der Waals surface area (Å²) < 4.78 is 13.4. The molecule has 1 saturated heterocycles. The van der Waals surface area contributed by atoms with E-state index in [4.69, 9.17) is 14.7 Å². The Morgan fingerprint density at radius 3 is 2.91 bits per heavy atom. The first-order valence-electron chi connectivity index (χ1n) is 7.57. The number of aryl methyl sites for hydroxylation is 1. The highest BCUT2D eigenvalue weighted by molar-refractivity contribution is 5.34. The number of nitriles is 1. The van der Waals surface area contributed by atoms with Crippen molar-refractivity contribution in [3.8, 4) is 11.8 Å². The van der Waals surface area contributed by atoms with Gasteiger partial charge in [-0.05, 0) is 24.3 Å². The van der Waals surface area contributed by atoms with Crippen molar-refractivity contribution in [2.24, 2.45) is 7.05 Å². The Kier molecular flexibility index (Phi) is 4.86. The molecule has 7 nitrogen and oxygen atoms in total. The van der Waals surface area contributed by atoms with Crippen LogP contribution in [-0.2, 0) is 11.8 Å². The molecule has 0 aliphatic carbocycles. The molecule has 2 aromatic rings. The van der Waals surface area contributed by atoms with Crippen molar-refractivity contribution < 1.29 is 9.47 Å². The molecule has 1 atom stereocenters. The van der Waals surface area contributed by atoms with Crippen molar-refractivity contribution in [2.45, 2.75) is 6.10 Å². The van der Waals surface area contributed by atoms with Crippen molar-refractivity contribution in [3.05, 3.63) is 42.0 Å². The average molecular weight is 313 g/mol. The van der Waals surface area contributed by atoms with Crippen LogP contribution in [0.15, 0.2) is 30.6 Å². The summed E-state index contributed by atoms with van der Waals surface area (Å²) >= 11 is 0. The van der Waals surface area contributed by atoms with Crippen molar-refractivity contribution in [1.82, 2.24) is 19.7 Å². The van der Waals surface area contributed by atoms with E-state index in [1.807, 2.05) is 23.7 Å². The van der Waals surface area contributed by atoms with Gasteiger partial charge in [-0.1, -0.05) is 0 Å². The quantitative estimate of drug-likeness (QED) is 0.824. The Hall–Kier alpha value is -2.43. The monoisotopic (exact) mass is 313 g/mol. The van der Waals surface area contributed by atoms with Gasteiger partial charge in [0.25, 0.3) is 0 Å². The maximum Gasteiger partial charge on any atom is 0.163 e. The lowest BCUT2D eigenvalue weighted by atomic mass is 10.2. The van der Waals surface area contributed by atoms with Gasteiger partial charge in [-0.3, -0.25) is 4.90 Å². The number of nitrogens with zero attached hydrogens (tertiary/aromatic N) is 5. The Morgan fingerprint density at radius 2 is 2.22 bits per heavy atom. The number of rotatable bonds is 5. The maximum absolute atomic E-state index is 8.78. The smallest absolute Gasteiger partial charge is 0.163 e. The van der Waals surface area contributed by atoms with Crippen LogP contribution in [0, 0.1) is 11.3 Å². The standard InChI is InChI=1S/C16H19N5O2/c1-20-12-18-19-16(20)15-11-21(7-9-23-15)6-8-22-14-4-2-13(10-17)3-5-14/h2-5,12,15H,6-9,11H2,1H3. The molecule has 1 fully saturated rings. The summed E-state index contributed by atoms with van der Waals surface area (Å²) in [4.78, 5) is 2.30. The summed E-state index contributed by atoms with van der Waals surface area (Å²) in [6, 6.07) is 9.25. The van der Waals surface area contributed by atoms with Gasteiger partial charge < -0.3 is 14.0 Å². The fourth-order valence-electron chi connectivity index (χ4n) is 2.56. The maximum atomic E-state index is 8.78. The van der Waals surface area contributed by atoms with Gasteiger partial charge in [0.15, 0.2) is 5.82 Å². The molecule has 0 amide bonds. The van der Waals surface area contributed by atoms with E-state index in [1.54, 1.807) is 18.5 Å². The van der Waals surface area contributed by atoms with Gasteiger partial charge >= 0.3 is 0 Å². The van der Waals surface area contributed by atoms with E-state index in [9.17, 15) is 0 Å². The molecule has 2 heterocycles. The predicted molar refractivity (Wildman–Crippen MR) is 82.8 cm³/mol. The fraction of sp³-hybridized carbons (Fsp3) is 0.438. The van der Waals surface area contributed by atoms with Gasteiger partial charge in [-0.25, -0.2) is 0 Å². The second-order valence-corrected chi connectivity index (χ2v) is 5.44. The van der Waals surface area contributed by atoms with Gasteiger partial charge in [0, 0.05) is 26.7 Å². The summed E-state index contributed by atoms with van der Waals surface area (Å²) in [5, 5.41) is 16.8. The molecule has 1 aliphatic rings. The van der Waals surface area contributed by atoms with Crippen LogP contribution in [0.2, 0.25) is 0 Å². The molecule has 1 aromatic carbocycles. The molecule has 1 unspecified atom stereocenters. The molecule has 120 valence electrons. The van der Waals surface area contributed by atoms with E-state index in [0.29, 0.717) is 18.8 Å². The lowest BCUT2D eigenvalue weighted by Gasteiger charge is -2.32. The lowest BCUT2D eigenvalue weighted by Crippen LogP contribution is -2.41. The predicted octanol–water partition coefficient (Wildman–Crippen LogP) is 1.14. The van der Waals surface area contributed by atoms with Gasteiger partial charge in [-0.2, -0.15) is 5.26 Å². The summed E-state index contributed by atoms with van der Waals surface area (Å²) in [5.41, 5.74) is 0.636. The summed E-state index contributed by atoms with van der Waals surface area (Å²) in [5.74, 6) is 1.63. The Bertz CT molecular complexity index is 677. The highest BCUT2D eigenvalue weighted by Gasteiger charge is 2.25. The molecule has 0 radical (unpaired) electrons. The third kappa shape index (κ3) is 3.86. The second-order valence-electron chi connectivity index (χ2n) is 5.44. The van der Waals surface area contributed by atoms with Crippen molar-refractivity contribution in [3.63, 3.8) is 0 Å². The minimum absolute atomic E-state index is 0.0498. The van der Waals surface area contributed by atoms with Gasteiger partial charge in [-0.15, -0.1) is 10.2 Å². The molecule has 7 heteroatoms. The highest BCUT2D eigenvalue weighted by atomic mass is 16.5. The van der Waals surface area contributed by atoms with Crippen LogP contribution in [0.25, 0.3) is 0 Å². The molecule has 1 aliphatic heterocycles. The van der Waals surface area contributed by atoms with Crippen LogP contribution in [0.1, 0.15) is 17.5 Å². The molecule has 1 aromatic heterocycles. The Balaban J connectivity index is 1.48. The normalized spacial score (nSPS) is 18.5. The van der Waals surface area contributed by atoms with Crippen LogP contribution in [0.5, 0.6) is 5.75 Å². The molecule has 3 rings (SSSR count). The van der Waals surface area contributed by atoms with Gasteiger partial charge in [0.05, 0.1) is 18.2 Å². The zero-order valence-electron chi connectivity index (χ0n) is 13.1. The van der Waals surface area contributed by atoms with Crippen LogP contribution in [-0.4, -0.2) is 52.5 Å². The van der Waals surface area contributed by atoms with Crippen molar-refractivity contribution in [1.29, 1.82) is 5.26 Å². The molecular weight excluding hydrogens is 294 g/mol. The largest absolute Gasteiger partial charge is 0.492 e. The van der Waals surface area contributed by atoms with Crippen LogP contribution in [0.3, 0.4) is 0 Å². The lowest BCUT2D eigenvalue weighted by molar-refractivity contribution is -0.0384. The van der Waals surface area contributed by atoms with E-state index in [-0.39, 0.29) is 6.10 Å². The fourth-order valence-corrected chi connectivity index (χ4v) is 2.56. The van der Waals surface area contributed by atoms with E-state index < -0.39 is 0 Å². The highest BCUT2D eigenvalue weighted by Crippen LogP contribution is 2.19. The molecule has 23 heavy (non-hydrogen) atoms. The average Bonchev–Trinajstić information content (AvgIpc) is 3.02. The summed E-state index contributed by atoms with van der Waals surface area (Å²) in [6.45, 7) is 3.75. The number of benzene rings is 1. The van der Waals surface area contributed by atoms with Gasteiger partial charge in [0.2, 0.25) is 0 Å². The number of aromatic nitrogens is 3. The third-order valence-electron chi connectivity index (χ3n) is 3.84. The second kappa shape index (κ2) is 7.22. The first-order chi connectivity index (χ1) is 11.3. The molecule has 0 N–H and O–H groups in total. The summed E-state index contributed by atoms with van der Waals surface area (Å²) in [6.07, 6.45) is 1.64. The van der Waals surface area contributed by atoms with Crippen molar-refractivity contribution in [2.75, 3.05) is 32.8 Å². The van der Waals surface area contributed by atoms with Crippen LogP contribution >= 0.6 is 0 Å². The number of morpholine rings is 1. The Morgan fingerprint density at radius 1 is 1.39 bits per heavy atom. The first kappa shape index (κ1) is 15.5. The van der Waals surface area contributed by atoms with E-state index in [0.717, 1.165) is 31.2 Å². The molecule has 0 spiro atoms. The van der Waals surface area contributed by atoms with E-state index in [2.05, 4.69) is 21.2 Å². The number of hydrogen-bond donors (Lipinski definition) is 0. The minimum Gasteiger partial charge on any atom is -0.492 e. The SMILES string of the molecule is Cn1cnnc1C1CN(CCOc2ccc(C#N)cc2)CCO1. The van der Waals surface area contributed by atoms with Gasteiger partial charge in [0.1, 0.15) is 24.8 Å². The molecule has 0 bridgehead atoms. The van der Waals surface area contributed by atoms with Crippen LogP contribution < -0.4 is 4.74 Å². The van der Waals surface area contributed by atoms with E-state index in [1.165, 1.54) is 0 Å². The minimum atomic E-state index is -0.0498. The number of ether oxygens (including phenoxy) is 2. The zero-order chi connectivity index (χ0) is 16.1. The van der Waals surface area contributed by atoms with Crippen LogP contribution in [0.4, 0.5) is 0 Å². The number of hydrogen-bond acceptors (Lipinski definition) is 6. The summed E-state index contributed by atoms with van der Waals surface area (Å²) in [7, 11) is 1.92. The topological polar surface area (TPSA) is 76.2 Å².